The first kappa shape index (κ1) is 12.6. The van der Waals surface area contributed by atoms with Crippen LogP contribution < -0.4 is 5.76 Å². The quantitative estimate of drug-likeness (QED) is 0.756. The van der Waals surface area contributed by atoms with E-state index in [4.69, 9.17) is 4.42 Å². The molecular formula is C14H9F2NO3. The summed E-state index contributed by atoms with van der Waals surface area (Å²) >= 11 is 0. The van der Waals surface area contributed by atoms with Crippen LogP contribution in [0, 0.1) is 11.6 Å². The van der Waals surface area contributed by atoms with E-state index >= 15 is 0 Å². The van der Waals surface area contributed by atoms with E-state index in [1.807, 2.05) is 0 Å². The van der Waals surface area contributed by atoms with Crippen molar-refractivity contribution in [1.29, 1.82) is 0 Å². The van der Waals surface area contributed by atoms with Gasteiger partial charge in [-0.15, -0.1) is 0 Å². The van der Waals surface area contributed by atoms with Gasteiger partial charge < -0.3 is 9.52 Å². The van der Waals surface area contributed by atoms with Crippen LogP contribution in [-0.2, 0) is 0 Å². The molecule has 1 heterocycles. The average Bonchev–Trinajstić information content (AvgIpc) is 2.75. The van der Waals surface area contributed by atoms with Gasteiger partial charge in [0.2, 0.25) is 0 Å². The van der Waals surface area contributed by atoms with Gasteiger partial charge in [0.25, 0.3) is 0 Å². The highest BCUT2D eigenvalue weighted by Gasteiger charge is 2.14. The van der Waals surface area contributed by atoms with Crippen molar-refractivity contribution in [1.82, 2.24) is 4.98 Å². The molecule has 0 aliphatic rings. The third-order valence-electron chi connectivity index (χ3n) is 2.96. The number of hydrogen-bond donors (Lipinski definition) is 2. The van der Waals surface area contributed by atoms with Crippen LogP contribution in [0.1, 0.15) is 17.2 Å². The minimum absolute atomic E-state index is 0.0831. The van der Waals surface area contributed by atoms with E-state index in [0.717, 1.165) is 18.2 Å². The molecule has 0 aliphatic carbocycles. The number of nitrogens with one attached hydrogen (secondary N) is 1. The molecule has 1 aromatic heterocycles. The number of hydrogen-bond acceptors (Lipinski definition) is 3. The normalized spacial score (nSPS) is 12.8. The zero-order valence-electron chi connectivity index (χ0n) is 10.1. The highest BCUT2D eigenvalue weighted by Crippen LogP contribution is 2.25. The topological polar surface area (TPSA) is 66.2 Å². The van der Waals surface area contributed by atoms with Gasteiger partial charge in [0.1, 0.15) is 17.7 Å². The van der Waals surface area contributed by atoms with E-state index in [9.17, 15) is 18.7 Å². The van der Waals surface area contributed by atoms with Crippen molar-refractivity contribution in [2.24, 2.45) is 0 Å². The highest BCUT2D eigenvalue weighted by molar-refractivity contribution is 5.73. The summed E-state index contributed by atoms with van der Waals surface area (Å²) in [5.74, 6) is -2.15. The van der Waals surface area contributed by atoms with Crippen LogP contribution in [0.25, 0.3) is 11.1 Å². The summed E-state index contributed by atoms with van der Waals surface area (Å²) in [6.45, 7) is 0. The minimum Gasteiger partial charge on any atom is -0.408 e. The van der Waals surface area contributed by atoms with Crippen LogP contribution in [0.15, 0.2) is 45.6 Å². The summed E-state index contributed by atoms with van der Waals surface area (Å²) in [4.78, 5) is 13.5. The second-order valence-corrected chi connectivity index (χ2v) is 4.38. The van der Waals surface area contributed by atoms with Crippen LogP contribution in [0.5, 0.6) is 0 Å². The summed E-state index contributed by atoms with van der Waals surface area (Å²) < 4.78 is 31.2. The molecule has 1 unspecified atom stereocenters. The molecular weight excluding hydrogens is 268 g/mol. The Labute approximate surface area is 111 Å². The van der Waals surface area contributed by atoms with Gasteiger partial charge in [0.05, 0.1) is 5.52 Å². The molecule has 2 aromatic carbocycles. The molecule has 20 heavy (non-hydrogen) atoms. The van der Waals surface area contributed by atoms with E-state index < -0.39 is 23.5 Å². The summed E-state index contributed by atoms with van der Waals surface area (Å²) in [6, 6.07) is 7.36. The fraction of sp³-hybridized carbons (Fsp3) is 0.0714. The maximum Gasteiger partial charge on any atom is 0.417 e. The predicted molar refractivity (Wildman–Crippen MR) is 67.3 cm³/mol. The Balaban J connectivity index is 2.06. The van der Waals surface area contributed by atoms with Crippen molar-refractivity contribution < 1.29 is 18.3 Å². The number of aromatic amines is 1. The fourth-order valence-corrected chi connectivity index (χ4v) is 2.06. The van der Waals surface area contributed by atoms with E-state index in [0.29, 0.717) is 11.1 Å². The molecule has 0 saturated heterocycles. The van der Waals surface area contributed by atoms with Crippen molar-refractivity contribution in [2.75, 3.05) is 0 Å². The van der Waals surface area contributed by atoms with Gasteiger partial charge in [-0.2, -0.15) is 0 Å². The summed E-state index contributed by atoms with van der Waals surface area (Å²) in [6.07, 6.45) is -1.22. The molecule has 0 radical (unpaired) electrons. The number of H-pyrrole nitrogens is 1. The standard InChI is InChI=1S/C14H9F2NO3/c15-9-3-8(4-10(16)6-9)13(18)7-1-2-11-12(5-7)20-14(19)17-11/h1-6,13,18H,(H,17,19). The molecule has 0 saturated carbocycles. The molecule has 0 fully saturated rings. The third kappa shape index (κ3) is 2.21. The van der Waals surface area contributed by atoms with Gasteiger partial charge >= 0.3 is 5.76 Å². The SMILES string of the molecule is O=c1[nH]c2ccc(C(O)c3cc(F)cc(F)c3)cc2o1. The van der Waals surface area contributed by atoms with Gasteiger partial charge in [0.15, 0.2) is 5.58 Å². The van der Waals surface area contributed by atoms with Crippen LogP contribution in [0.3, 0.4) is 0 Å². The zero-order valence-corrected chi connectivity index (χ0v) is 10.1. The van der Waals surface area contributed by atoms with Crippen LogP contribution >= 0.6 is 0 Å². The van der Waals surface area contributed by atoms with Crippen LogP contribution in [0.2, 0.25) is 0 Å². The number of rotatable bonds is 2. The fourth-order valence-electron chi connectivity index (χ4n) is 2.06. The number of fused-ring (bicyclic) bond motifs is 1. The Morgan fingerprint density at radius 3 is 2.45 bits per heavy atom. The maximum absolute atomic E-state index is 13.1. The first-order valence-corrected chi connectivity index (χ1v) is 5.80. The van der Waals surface area contributed by atoms with Crippen LogP contribution in [0.4, 0.5) is 8.78 Å². The molecule has 102 valence electrons. The van der Waals surface area contributed by atoms with Gasteiger partial charge in [-0.05, 0) is 35.4 Å². The lowest BCUT2D eigenvalue weighted by Gasteiger charge is -2.11. The number of aliphatic hydroxyl groups excluding tert-OH is 1. The molecule has 0 aliphatic heterocycles. The summed E-state index contributed by atoms with van der Waals surface area (Å²) in [5.41, 5.74) is 1.20. The lowest BCUT2D eigenvalue weighted by molar-refractivity contribution is 0.219. The molecule has 6 heteroatoms. The lowest BCUT2D eigenvalue weighted by Crippen LogP contribution is -2.01. The van der Waals surface area contributed by atoms with Gasteiger partial charge in [-0.3, -0.25) is 4.98 Å². The number of aliphatic hydroxyl groups is 1. The molecule has 0 amide bonds. The Morgan fingerprint density at radius 1 is 1.05 bits per heavy atom. The summed E-state index contributed by atoms with van der Waals surface area (Å²) in [7, 11) is 0. The van der Waals surface area contributed by atoms with Gasteiger partial charge in [0, 0.05) is 6.07 Å². The number of benzene rings is 2. The first-order chi connectivity index (χ1) is 9.52. The van der Waals surface area contributed by atoms with Gasteiger partial charge in [-0.1, -0.05) is 6.07 Å². The predicted octanol–water partition coefficient (Wildman–Crippen LogP) is 2.48. The average molecular weight is 277 g/mol. The monoisotopic (exact) mass is 277 g/mol. The van der Waals surface area contributed by atoms with Crippen molar-refractivity contribution in [2.45, 2.75) is 6.10 Å². The molecule has 1 atom stereocenters. The zero-order chi connectivity index (χ0) is 14.3. The summed E-state index contributed by atoms with van der Waals surface area (Å²) in [5, 5.41) is 10.1. The van der Waals surface area contributed by atoms with Gasteiger partial charge in [-0.25, -0.2) is 13.6 Å². The van der Waals surface area contributed by atoms with E-state index in [1.54, 1.807) is 12.1 Å². The Morgan fingerprint density at radius 2 is 1.75 bits per heavy atom. The second-order valence-electron chi connectivity index (χ2n) is 4.38. The Hall–Kier alpha value is -2.47. The van der Waals surface area contributed by atoms with E-state index in [-0.39, 0.29) is 11.1 Å². The number of aromatic nitrogens is 1. The minimum atomic E-state index is -1.22. The third-order valence-corrected chi connectivity index (χ3v) is 2.96. The smallest absolute Gasteiger partial charge is 0.408 e. The Bertz CT molecular complexity index is 818. The first-order valence-electron chi connectivity index (χ1n) is 5.80. The molecule has 0 spiro atoms. The van der Waals surface area contributed by atoms with Crippen molar-refractivity contribution >= 4 is 11.1 Å². The Kier molecular flexibility index (Phi) is 2.87. The van der Waals surface area contributed by atoms with E-state index in [1.165, 1.54) is 6.07 Å². The molecule has 3 rings (SSSR count). The molecule has 3 aromatic rings. The number of oxazole rings is 1. The van der Waals surface area contributed by atoms with Crippen molar-refractivity contribution in [3.05, 3.63) is 69.7 Å². The molecule has 4 nitrogen and oxygen atoms in total. The largest absolute Gasteiger partial charge is 0.417 e. The van der Waals surface area contributed by atoms with E-state index in [2.05, 4.69) is 4.98 Å². The van der Waals surface area contributed by atoms with Crippen molar-refractivity contribution in [3.63, 3.8) is 0 Å². The highest BCUT2D eigenvalue weighted by atomic mass is 19.1. The van der Waals surface area contributed by atoms with Crippen molar-refractivity contribution in [3.8, 4) is 0 Å². The molecule has 2 N–H and O–H groups in total. The van der Waals surface area contributed by atoms with Crippen LogP contribution in [-0.4, -0.2) is 10.1 Å². The maximum atomic E-state index is 13.1. The second kappa shape index (κ2) is 4.57. The lowest BCUT2D eigenvalue weighted by atomic mass is 10.0. The molecule has 0 bridgehead atoms. The number of halogens is 2.